The van der Waals surface area contributed by atoms with Crippen LogP contribution in [0.5, 0.6) is 11.5 Å². The highest BCUT2D eigenvalue weighted by Crippen LogP contribution is 2.28. The fourth-order valence-corrected chi connectivity index (χ4v) is 1.85. The van der Waals surface area contributed by atoms with E-state index in [0.717, 1.165) is 5.56 Å². The lowest BCUT2D eigenvalue weighted by Gasteiger charge is -2.13. The smallest absolute Gasteiger partial charge is 0.169 e. The van der Waals surface area contributed by atoms with E-state index in [1.165, 1.54) is 0 Å². The van der Waals surface area contributed by atoms with Crippen LogP contribution in [-0.4, -0.2) is 47.8 Å². The Morgan fingerprint density at radius 1 is 1.18 bits per heavy atom. The van der Waals surface area contributed by atoms with Crippen LogP contribution in [0.2, 0.25) is 0 Å². The monoisotopic (exact) mass is 306 g/mol. The minimum absolute atomic E-state index is 0.332. The van der Waals surface area contributed by atoms with Gasteiger partial charge in [-0.05, 0) is 23.8 Å². The molecule has 0 amide bonds. The van der Waals surface area contributed by atoms with Gasteiger partial charge in [-0.1, -0.05) is 6.07 Å². The van der Waals surface area contributed by atoms with Crippen molar-refractivity contribution in [1.82, 2.24) is 5.32 Å². The molecule has 6 heteroatoms. The predicted molar refractivity (Wildman–Crippen MR) is 83.8 cm³/mol. The third kappa shape index (κ3) is 5.37. The van der Waals surface area contributed by atoms with Gasteiger partial charge in [-0.2, -0.15) is 5.26 Å². The van der Waals surface area contributed by atoms with Gasteiger partial charge in [0.1, 0.15) is 0 Å². The highest BCUT2D eigenvalue weighted by atomic mass is 16.7. The van der Waals surface area contributed by atoms with E-state index in [1.807, 2.05) is 12.1 Å². The molecule has 0 aliphatic rings. The molecule has 0 heterocycles. The van der Waals surface area contributed by atoms with E-state index >= 15 is 0 Å². The van der Waals surface area contributed by atoms with E-state index in [9.17, 15) is 5.26 Å². The third-order valence-electron chi connectivity index (χ3n) is 3.04. The first-order valence-electron chi connectivity index (χ1n) is 6.77. The third-order valence-corrected chi connectivity index (χ3v) is 3.04. The molecule has 0 aliphatic heterocycles. The van der Waals surface area contributed by atoms with Crippen molar-refractivity contribution >= 4 is 6.08 Å². The Morgan fingerprint density at radius 2 is 1.86 bits per heavy atom. The second kappa shape index (κ2) is 9.79. The van der Waals surface area contributed by atoms with Gasteiger partial charge < -0.3 is 24.3 Å². The molecule has 6 nitrogen and oxygen atoms in total. The van der Waals surface area contributed by atoms with E-state index in [0.29, 0.717) is 30.2 Å². The molecule has 1 aromatic carbocycles. The maximum Gasteiger partial charge on any atom is 0.169 e. The highest BCUT2D eigenvalue weighted by Gasteiger charge is 2.06. The number of rotatable bonds is 9. The minimum Gasteiger partial charge on any atom is -0.493 e. The second-order valence-corrected chi connectivity index (χ2v) is 4.43. The van der Waals surface area contributed by atoms with Gasteiger partial charge in [0.05, 0.1) is 20.3 Å². The maximum atomic E-state index is 9.22. The van der Waals surface area contributed by atoms with Crippen LogP contribution in [-0.2, 0) is 9.47 Å². The summed E-state index contributed by atoms with van der Waals surface area (Å²) in [6.45, 7) is 0.923. The number of ether oxygens (including phenoxy) is 4. The van der Waals surface area contributed by atoms with Crippen LogP contribution in [0.15, 0.2) is 23.8 Å². The fourth-order valence-electron chi connectivity index (χ4n) is 1.85. The zero-order valence-corrected chi connectivity index (χ0v) is 13.4. The van der Waals surface area contributed by atoms with Crippen LogP contribution in [0.1, 0.15) is 5.56 Å². The Bertz CT molecular complexity index is 533. The van der Waals surface area contributed by atoms with Crippen molar-refractivity contribution in [1.29, 1.82) is 5.26 Å². The summed E-state index contributed by atoms with van der Waals surface area (Å²) in [4.78, 5) is 0. The standard InChI is InChI=1S/C16H22N2O4/c1-19-14-6-5-12(8-15(14)20-2)7-13(9-17)10-18-11-16(21-3)22-4/h5-8,16,18H,10-11H2,1-4H3/b13-7-. The molecule has 22 heavy (non-hydrogen) atoms. The van der Waals surface area contributed by atoms with Gasteiger partial charge in [0.25, 0.3) is 0 Å². The summed E-state index contributed by atoms with van der Waals surface area (Å²) in [6.07, 6.45) is 1.46. The van der Waals surface area contributed by atoms with Crippen molar-refractivity contribution < 1.29 is 18.9 Å². The first-order chi connectivity index (χ1) is 10.7. The van der Waals surface area contributed by atoms with E-state index in [1.54, 1.807) is 40.6 Å². The summed E-state index contributed by atoms with van der Waals surface area (Å²) in [7, 11) is 6.30. The van der Waals surface area contributed by atoms with Crippen molar-refractivity contribution in [3.05, 3.63) is 29.3 Å². The molecule has 0 radical (unpaired) electrons. The predicted octanol–water partition coefficient (Wildman–Crippen LogP) is 1.82. The summed E-state index contributed by atoms with van der Waals surface area (Å²) in [5.74, 6) is 1.28. The molecule has 0 saturated heterocycles. The van der Waals surface area contributed by atoms with Crippen LogP contribution in [0, 0.1) is 11.3 Å². The Balaban J connectivity index is 2.74. The number of nitrogens with zero attached hydrogens (tertiary/aromatic N) is 1. The van der Waals surface area contributed by atoms with E-state index in [-0.39, 0.29) is 6.29 Å². The van der Waals surface area contributed by atoms with Crippen molar-refractivity contribution in [3.8, 4) is 17.6 Å². The van der Waals surface area contributed by atoms with E-state index < -0.39 is 0 Å². The molecular formula is C16H22N2O4. The molecule has 0 aromatic heterocycles. The molecule has 1 N–H and O–H groups in total. The molecular weight excluding hydrogens is 284 g/mol. The van der Waals surface area contributed by atoms with Crippen LogP contribution in [0.3, 0.4) is 0 Å². The van der Waals surface area contributed by atoms with Crippen molar-refractivity contribution in [2.75, 3.05) is 41.5 Å². The van der Waals surface area contributed by atoms with Crippen LogP contribution >= 0.6 is 0 Å². The Kier molecular flexibility index (Phi) is 8.00. The molecule has 0 atom stereocenters. The zero-order chi connectivity index (χ0) is 16.4. The Hall–Kier alpha value is -2.07. The largest absolute Gasteiger partial charge is 0.493 e. The van der Waals surface area contributed by atoms with Gasteiger partial charge in [0.2, 0.25) is 0 Å². The SMILES string of the molecule is COc1ccc(/C=C(/C#N)CNCC(OC)OC)cc1OC. The molecule has 1 rings (SSSR count). The van der Waals surface area contributed by atoms with Crippen LogP contribution in [0.4, 0.5) is 0 Å². The van der Waals surface area contributed by atoms with Gasteiger partial charge in [-0.15, -0.1) is 0 Å². The first-order valence-corrected chi connectivity index (χ1v) is 6.77. The summed E-state index contributed by atoms with van der Waals surface area (Å²) >= 11 is 0. The average Bonchev–Trinajstić information content (AvgIpc) is 2.57. The topological polar surface area (TPSA) is 72.7 Å². The van der Waals surface area contributed by atoms with E-state index in [4.69, 9.17) is 18.9 Å². The zero-order valence-electron chi connectivity index (χ0n) is 13.4. The summed E-state index contributed by atoms with van der Waals surface area (Å²) in [6, 6.07) is 7.67. The van der Waals surface area contributed by atoms with Gasteiger partial charge in [-0.3, -0.25) is 0 Å². The summed E-state index contributed by atoms with van der Waals surface area (Å²) in [5.41, 5.74) is 1.46. The minimum atomic E-state index is -0.332. The summed E-state index contributed by atoms with van der Waals surface area (Å²) in [5, 5.41) is 12.3. The Morgan fingerprint density at radius 3 is 2.41 bits per heavy atom. The number of nitrogens with one attached hydrogen (secondary N) is 1. The number of methoxy groups -OCH3 is 4. The normalized spacial score (nSPS) is 11.4. The van der Waals surface area contributed by atoms with Gasteiger partial charge in [0.15, 0.2) is 17.8 Å². The first kappa shape index (κ1) is 18.0. The number of hydrogen-bond donors (Lipinski definition) is 1. The quantitative estimate of drug-likeness (QED) is 0.554. The van der Waals surface area contributed by atoms with E-state index in [2.05, 4.69) is 11.4 Å². The average molecular weight is 306 g/mol. The number of hydrogen-bond acceptors (Lipinski definition) is 6. The summed E-state index contributed by atoms with van der Waals surface area (Å²) < 4.78 is 20.6. The lowest BCUT2D eigenvalue weighted by molar-refractivity contribution is -0.0983. The number of nitriles is 1. The van der Waals surface area contributed by atoms with Gasteiger partial charge in [0, 0.05) is 32.9 Å². The van der Waals surface area contributed by atoms with Crippen LogP contribution < -0.4 is 14.8 Å². The molecule has 0 bridgehead atoms. The lowest BCUT2D eigenvalue weighted by Crippen LogP contribution is -2.30. The Labute approximate surface area is 131 Å². The van der Waals surface area contributed by atoms with Crippen LogP contribution in [0.25, 0.3) is 6.08 Å². The molecule has 0 aliphatic carbocycles. The molecule has 0 fully saturated rings. The molecule has 120 valence electrons. The maximum absolute atomic E-state index is 9.22. The molecule has 0 spiro atoms. The van der Waals surface area contributed by atoms with Crippen molar-refractivity contribution in [2.24, 2.45) is 0 Å². The molecule has 1 aromatic rings. The fraction of sp³-hybridized carbons (Fsp3) is 0.438. The molecule has 0 saturated carbocycles. The highest BCUT2D eigenvalue weighted by molar-refractivity contribution is 5.61. The lowest BCUT2D eigenvalue weighted by atomic mass is 10.1. The van der Waals surface area contributed by atoms with Gasteiger partial charge >= 0.3 is 0 Å². The van der Waals surface area contributed by atoms with Crippen molar-refractivity contribution in [3.63, 3.8) is 0 Å². The molecule has 0 unspecified atom stereocenters. The number of benzene rings is 1. The van der Waals surface area contributed by atoms with Gasteiger partial charge in [-0.25, -0.2) is 0 Å². The van der Waals surface area contributed by atoms with Crippen molar-refractivity contribution in [2.45, 2.75) is 6.29 Å². The second-order valence-electron chi connectivity index (χ2n) is 4.43.